The second kappa shape index (κ2) is 9.08. The van der Waals surface area contributed by atoms with Gasteiger partial charge in [-0.05, 0) is 62.3 Å². The molecule has 2 aromatic rings. The third kappa shape index (κ3) is 4.78. The molecule has 2 aliphatic rings. The maximum Gasteiger partial charge on any atom is 0.318 e. The van der Waals surface area contributed by atoms with Crippen molar-refractivity contribution in [2.75, 3.05) is 19.7 Å². The second-order valence-corrected chi connectivity index (χ2v) is 9.24. The van der Waals surface area contributed by atoms with Crippen molar-refractivity contribution in [2.24, 2.45) is 0 Å². The molecular weight excluding hydrogens is 398 g/mol. The van der Waals surface area contributed by atoms with Gasteiger partial charge < -0.3 is 19.9 Å². The summed E-state index contributed by atoms with van der Waals surface area (Å²) < 4.78 is 6.03. The number of carbonyl (C=O) groups is 2. The van der Waals surface area contributed by atoms with Crippen LogP contribution in [-0.2, 0) is 11.2 Å². The quantitative estimate of drug-likeness (QED) is 0.730. The first-order valence-corrected chi connectivity index (χ1v) is 11.5. The maximum atomic E-state index is 13.3. The van der Waals surface area contributed by atoms with Crippen LogP contribution in [0.15, 0.2) is 41.8 Å². The minimum absolute atomic E-state index is 0.0145. The van der Waals surface area contributed by atoms with Crippen LogP contribution >= 0.6 is 11.3 Å². The number of nitrogens with one attached hydrogen (secondary N) is 1. The third-order valence-electron chi connectivity index (χ3n) is 5.53. The lowest BCUT2D eigenvalue weighted by Crippen LogP contribution is -2.51. The Labute approximate surface area is 181 Å². The van der Waals surface area contributed by atoms with Crippen LogP contribution in [0.1, 0.15) is 43.2 Å². The number of fused-ring (bicyclic) bond motifs is 1. The zero-order valence-corrected chi connectivity index (χ0v) is 18.4. The van der Waals surface area contributed by atoms with Gasteiger partial charge in [-0.25, -0.2) is 4.79 Å². The standard InChI is InChI=1S/C23H29N3O3S/c1-16(2)24-23(28)26(17-8-9-17)14-22(27)25-12-10-21-19(11-13-30-21)20(25)15-29-18-6-4-3-5-7-18/h3-7,11,13,16-17,20H,8-10,12,14-15H2,1-2H3,(H,24,28)/t20-/m0/s1. The normalized spacial score (nSPS) is 18.1. The minimum atomic E-state index is -0.147. The van der Waals surface area contributed by atoms with Crippen molar-refractivity contribution in [1.29, 1.82) is 0 Å². The minimum Gasteiger partial charge on any atom is -0.491 e. The number of amides is 3. The molecule has 0 radical (unpaired) electrons. The highest BCUT2D eigenvalue weighted by Crippen LogP contribution is 2.34. The number of nitrogens with zero attached hydrogens (tertiary/aromatic N) is 2. The summed E-state index contributed by atoms with van der Waals surface area (Å²) in [6.45, 7) is 5.04. The molecule has 1 aliphatic carbocycles. The lowest BCUT2D eigenvalue weighted by atomic mass is 10.0. The number of para-hydroxylation sites is 1. The van der Waals surface area contributed by atoms with Crippen LogP contribution < -0.4 is 10.1 Å². The number of urea groups is 1. The van der Waals surface area contributed by atoms with Crippen molar-refractivity contribution in [3.8, 4) is 5.75 Å². The molecule has 1 atom stereocenters. The summed E-state index contributed by atoms with van der Waals surface area (Å²) in [7, 11) is 0. The lowest BCUT2D eigenvalue weighted by Gasteiger charge is -2.37. The summed E-state index contributed by atoms with van der Waals surface area (Å²) in [5, 5.41) is 5.02. The molecule has 2 heterocycles. The largest absolute Gasteiger partial charge is 0.491 e. The highest BCUT2D eigenvalue weighted by atomic mass is 32.1. The molecule has 1 saturated carbocycles. The van der Waals surface area contributed by atoms with Crippen LogP contribution in [0.5, 0.6) is 5.75 Å². The van der Waals surface area contributed by atoms with Crippen LogP contribution in [0.3, 0.4) is 0 Å². The number of benzene rings is 1. The Morgan fingerprint density at radius 2 is 2.00 bits per heavy atom. The summed E-state index contributed by atoms with van der Waals surface area (Å²) in [6, 6.07) is 11.7. The number of hydrogen-bond donors (Lipinski definition) is 1. The average molecular weight is 428 g/mol. The molecule has 7 heteroatoms. The molecule has 0 spiro atoms. The highest BCUT2D eigenvalue weighted by molar-refractivity contribution is 7.10. The van der Waals surface area contributed by atoms with Gasteiger partial charge in [0.1, 0.15) is 18.9 Å². The van der Waals surface area contributed by atoms with Crippen LogP contribution in [-0.4, -0.2) is 53.5 Å². The van der Waals surface area contributed by atoms with Gasteiger partial charge in [0.2, 0.25) is 5.91 Å². The van der Waals surface area contributed by atoms with Gasteiger partial charge in [-0.2, -0.15) is 0 Å². The molecule has 0 saturated heterocycles. The summed E-state index contributed by atoms with van der Waals surface area (Å²) in [6.07, 6.45) is 2.78. The predicted molar refractivity (Wildman–Crippen MR) is 118 cm³/mol. The molecule has 6 nitrogen and oxygen atoms in total. The van der Waals surface area contributed by atoms with Crippen LogP contribution in [0.4, 0.5) is 4.79 Å². The fourth-order valence-electron chi connectivity index (χ4n) is 3.89. The summed E-state index contributed by atoms with van der Waals surface area (Å²) in [5.41, 5.74) is 1.17. The van der Waals surface area contributed by atoms with Crippen molar-refractivity contribution < 1.29 is 14.3 Å². The number of carbonyl (C=O) groups excluding carboxylic acids is 2. The van der Waals surface area contributed by atoms with Gasteiger partial charge in [-0.15, -0.1) is 11.3 Å². The Balaban J connectivity index is 1.48. The van der Waals surface area contributed by atoms with E-state index in [1.165, 1.54) is 10.4 Å². The average Bonchev–Trinajstić information content (AvgIpc) is 3.45. The fourth-order valence-corrected chi connectivity index (χ4v) is 4.81. The smallest absolute Gasteiger partial charge is 0.318 e. The molecule has 1 aromatic carbocycles. The Kier molecular flexibility index (Phi) is 6.27. The first kappa shape index (κ1) is 20.7. The van der Waals surface area contributed by atoms with E-state index in [9.17, 15) is 9.59 Å². The SMILES string of the molecule is CC(C)NC(=O)N(CC(=O)N1CCc2sccc2[C@@H]1COc1ccccc1)C1CC1. The van der Waals surface area contributed by atoms with Gasteiger partial charge in [0.25, 0.3) is 0 Å². The number of ether oxygens (including phenoxy) is 1. The van der Waals surface area contributed by atoms with E-state index >= 15 is 0 Å². The Bertz CT molecular complexity index is 879. The Hall–Kier alpha value is -2.54. The molecule has 3 amide bonds. The van der Waals surface area contributed by atoms with E-state index in [2.05, 4.69) is 16.8 Å². The van der Waals surface area contributed by atoms with Gasteiger partial charge in [0.05, 0.1) is 6.04 Å². The zero-order chi connectivity index (χ0) is 21.1. The van der Waals surface area contributed by atoms with Gasteiger partial charge in [0, 0.05) is 23.5 Å². The van der Waals surface area contributed by atoms with E-state index in [0.29, 0.717) is 13.2 Å². The van der Waals surface area contributed by atoms with Crippen molar-refractivity contribution in [3.63, 3.8) is 0 Å². The fraction of sp³-hybridized carbons (Fsp3) is 0.478. The molecule has 1 aromatic heterocycles. The summed E-state index contributed by atoms with van der Waals surface area (Å²) in [4.78, 5) is 30.9. The molecule has 1 N–H and O–H groups in total. The van der Waals surface area contributed by atoms with Crippen LogP contribution in [0.2, 0.25) is 0 Å². The van der Waals surface area contributed by atoms with E-state index in [0.717, 1.165) is 25.0 Å². The van der Waals surface area contributed by atoms with Gasteiger partial charge in [-0.3, -0.25) is 4.79 Å². The third-order valence-corrected chi connectivity index (χ3v) is 6.53. The first-order chi connectivity index (χ1) is 14.5. The Morgan fingerprint density at radius 1 is 1.23 bits per heavy atom. The number of hydrogen-bond acceptors (Lipinski definition) is 4. The second-order valence-electron chi connectivity index (χ2n) is 8.24. The van der Waals surface area contributed by atoms with E-state index in [4.69, 9.17) is 4.74 Å². The van der Waals surface area contributed by atoms with Crippen molar-refractivity contribution in [1.82, 2.24) is 15.1 Å². The van der Waals surface area contributed by atoms with Crippen molar-refractivity contribution in [3.05, 3.63) is 52.2 Å². The van der Waals surface area contributed by atoms with E-state index in [1.54, 1.807) is 16.2 Å². The number of thiophene rings is 1. The van der Waals surface area contributed by atoms with Crippen molar-refractivity contribution in [2.45, 2.75) is 51.2 Å². The van der Waals surface area contributed by atoms with Crippen LogP contribution in [0.25, 0.3) is 0 Å². The lowest BCUT2D eigenvalue weighted by molar-refractivity contribution is -0.135. The predicted octanol–water partition coefficient (Wildman–Crippen LogP) is 3.84. The van der Waals surface area contributed by atoms with E-state index < -0.39 is 0 Å². The highest BCUT2D eigenvalue weighted by Gasteiger charge is 2.38. The topological polar surface area (TPSA) is 61.9 Å². The monoisotopic (exact) mass is 427 g/mol. The van der Waals surface area contributed by atoms with Crippen molar-refractivity contribution >= 4 is 23.3 Å². The van der Waals surface area contributed by atoms with E-state index in [-0.39, 0.29) is 36.6 Å². The van der Waals surface area contributed by atoms with Crippen LogP contribution in [0, 0.1) is 0 Å². The molecular formula is C23H29N3O3S. The summed E-state index contributed by atoms with van der Waals surface area (Å²) >= 11 is 1.74. The van der Waals surface area contributed by atoms with Gasteiger partial charge in [-0.1, -0.05) is 18.2 Å². The molecule has 160 valence electrons. The molecule has 30 heavy (non-hydrogen) atoms. The number of rotatable bonds is 7. The van der Waals surface area contributed by atoms with Gasteiger partial charge >= 0.3 is 6.03 Å². The Morgan fingerprint density at radius 3 is 2.70 bits per heavy atom. The maximum absolute atomic E-state index is 13.3. The first-order valence-electron chi connectivity index (χ1n) is 10.6. The summed E-state index contributed by atoms with van der Waals surface area (Å²) in [5.74, 6) is 0.780. The molecule has 4 rings (SSSR count). The molecule has 0 bridgehead atoms. The molecule has 1 fully saturated rings. The molecule has 1 aliphatic heterocycles. The zero-order valence-electron chi connectivity index (χ0n) is 17.5. The molecule has 0 unspecified atom stereocenters. The van der Waals surface area contributed by atoms with E-state index in [1.807, 2.05) is 49.1 Å². The van der Waals surface area contributed by atoms with Gasteiger partial charge in [0.15, 0.2) is 0 Å².